The largest absolute Gasteiger partial charge is 0.352 e. The minimum Gasteiger partial charge on any atom is -0.352 e. The number of sulfonamides is 1. The van der Waals surface area contributed by atoms with Gasteiger partial charge in [0.15, 0.2) is 0 Å². The Labute approximate surface area is 214 Å². The standard InChI is InChI=1S/C28H35N3O4S/c1-5-25(28(33)29-21(2)3)30(19-18-22-12-7-6-8-13-22)27(32)20-31(36(4,34)35)26-17-11-15-23-14-9-10-16-24(23)26/h6-17,21,25H,5,18-20H2,1-4H3,(H,29,33)/t25-/m0/s1. The number of hydrogen-bond donors (Lipinski definition) is 1. The average Bonchev–Trinajstić information content (AvgIpc) is 2.84. The van der Waals surface area contributed by atoms with Crippen LogP contribution in [-0.2, 0) is 26.0 Å². The van der Waals surface area contributed by atoms with Crippen molar-refractivity contribution in [3.8, 4) is 0 Å². The summed E-state index contributed by atoms with van der Waals surface area (Å²) in [6.45, 7) is 5.48. The lowest BCUT2D eigenvalue weighted by Gasteiger charge is -2.33. The molecule has 1 N–H and O–H groups in total. The van der Waals surface area contributed by atoms with E-state index in [4.69, 9.17) is 0 Å². The van der Waals surface area contributed by atoms with Crippen LogP contribution in [0.3, 0.4) is 0 Å². The molecular formula is C28H35N3O4S. The average molecular weight is 510 g/mol. The Morgan fingerprint density at radius 1 is 0.917 bits per heavy atom. The van der Waals surface area contributed by atoms with E-state index in [1.807, 2.05) is 81.4 Å². The highest BCUT2D eigenvalue weighted by atomic mass is 32.2. The molecule has 0 saturated heterocycles. The molecule has 1 atom stereocenters. The van der Waals surface area contributed by atoms with Gasteiger partial charge < -0.3 is 10.2 Å². The Morgan fingerprint density at radius 3 is 2.19 bits per heavy atom. The molecule has 8 heteroatoms. The van der Waals surface area contributed by atoms with Crippen LogP contribution in [0.4, 0.5) is 5.69 Å². The fourth-order valence-electron chi connectivity index (χ4n) is 4.30. The maximum Gasteiger partial charge on any atom is 0.244 e. The second-order valence-corrected chi connectivity index (χ2v) is 11.1. The van der Waals surface area contributed by atoms with Gasteiger partial charge in [-0.15, -0.1) is 0 Å². The summed E-state index contributed by atoms with van der Waals surface area (Å²) in [7, 11) is -3.79. The number of rotatable bonds is 11. The third-order valence-electron chi connectivity index (χ3n) is 6.02. The highest BCUT2D eigenvalue weighted by molar-refractivity contribution is 7.92. The number of amides is 2. The highest BCUT2D eigenvalue weighted by Crippen LogP contribution is 2.28. The second-order valence-electron chi connectivity index (χ2n) is 9.18. The monoisotopic (exact) mass is 509 g/mol. The first-order valence-electron chi connectivity index (χ1n) is 12.2. The molecule has 3 aromatic rings. The van der Waals surface area contributed by atoms with Gasteiger partial charge in [0.1, 0.15) is 12.6 Å². The van der Waals surface area contributed by atoms with Crippen LogP contribution >= 0.6 is 0 Å². The van der Waals surface area contributed by atoms with Crippen molar-refractivity contribution in [2.24, 2.45) is 0 Å². The van der Waals surface area contributed by atoms with Crippen LogP contribution in [0.5, 0.6) is 0 Å². The van der Waals surface area contributed by atoms with Crippen molar-refractivity contribution in [3.05, 3.63) is 78.4 Å². The summed E-state index contributed by atoms with van der Waals surface area (Å²) in [4.78, 5) is 28.3. The van der Waals surface area contributed by atoms with E-state index in [1.165, 1.54) is 4.90 Å². The zero-order valence-electron chi connectivity index (χ0n) is 21.3. The van der Waals surface area contributed by atoms with Crippen LogP contribution in [0.15, 0.2) is 72.8 Å². The molecule has 3 rings (SSSR count). The Morgan fingerprint density at radius 2 is 1.56 bits per heavy atom. The van der Waals surface area contributed by atoms with Crippen LogP contribution in [0.2, 0.25) is 0 Å². The van der Waals surface area contributed by atoms with E-state index in [9.17, 15) is 18.0 Å². The third kappa shape index (κ3) is 6.85. The number of nitrogens with one attached hydrogen (secondary N) is 1. The molecule has 36 heavy (non-hydrogen) atoms. The van der Waals surface area contributed by atoms with Gasteiger partial charge in [0.05, 0.1) is 11.9 Å². The Hall–Kier alpha value is -3.39. The topological polar surface area (TPSA) is 86.8 Å². The molecule has 192 valence electrons. The van der Waals surface area contributed by atoms with E-state index < -0.39 is 28.5 Å². The molecule has 0 radical (unpaired) electrons. The van der Waals surface area contributed by atoms with E-state index in [2.05, 4.69) is 5.32 Å². The Balaban J connectivity index is 1.97. The van der Waals surface area contributed by atoms with Crippen molar-refractivity contribution >= 4 is 38.3 Å². The molecule has 0 heterocycles. The van der Waals surface area contributed by atoms with Crippen molar-refractivity contribution in [2.75, 3.05) is 23.7 Å². The molecule has 0 saturated carbocycles. The molecule has 2 amide bonds. The fourth-order valence-corrected chi connectivity index (χ4v) is 5.16. The quantitative estimate of drug-likeness (QED) is 0.424. The predicted molar refractivity (Wildman–Crippen MR) is 145 cm³/mol. The summed E-state index contributed by atoms with van der Waals surface area (Å²) < 4.78 is 27.0. The molecule has 7 nitrogen and oxygen atoms in total. The van der Waals surface area contributed by atoms with Crippen molar-refractivity contribution in [1.82, 2.24) is 10.2 Å². The van der Waals surface area contributed by atoms with Crippen molar-refractivity contribution in [2.45, 2.75) is 45.7 Å². The first kappa shape index (κ1) is 27.2. The van der Waals surface area contributed by atoms with Gasteiger partial charge in [-0.3, -0.25) is 13.9 Å². The van der Waals surface area contributed by atoms with Crippen LogP contribution in [0.25, 0.3) is 10.8 Å². The lowest BCUT2D eigenvalue weighted by atomic mass is 10.1. The molecule has 3 aromatic carbocycles. The van der Waals surface area contributed by atoms with Gasteiger partial charge in [0, 0.05) is 18.0 Å². The van der Waals surface area contributed by atoms with Crippen LogP contribution in [0, 0.1) is 0 Å². The lowest BCUT2D eigenvalue weighted by Crippen LogP contribution is -2.54. The number of anilines is 1. The number of hydrogen-bond acceptors (Lipinski definition) is 4. The molecular weight excluding hydrogens is 474 g/mol. The summed E-state index contributed by atoms with van der Waals surface area (Å²) in [6.07, 6.45) is 2.05. The molecule has 0 fully saturated rings. The van der Waals surface area contributed by atoms with Crippen LogP contribution in [0.1, 0.15) is 32.8 Å². The Kier molecular flexibility index (Phi) is 9.09. The number of benzene rings is 3. The maximum absolute atomic E-state index is 13.8. The van der Waals surface area contributed by atoms with E-state index in [1.54, 1.807) is 12.1 Å². The van der Waals surface area contributed by atoms with Crippen LogP contribution < -0.4 is 9.62 Å². The van der Waals surface area contributed by atoms with Crippen molar-refractivity contribution < 1.29 is 18.0 Å². The zero-order valence-corrected chi connectivity index (χ0v) is 22.2. The number of fused-ring (bicyclic) bond motifs is 1. The number of nitrogens with zero attached hydrogens (tertiary/aromatic N) is 2. The summed E-state index contributed by atoms with van der Waals surface area (Å²) in [5.74, 6) is -0.667. The summed E-state index contributed by atoms with van der Waals surface area (Å²) in [5, 5.41) is 4.51. The van der Waals surface area contributed by atoms with E-state index in [-0.39, 0.29) is 11.9 Å². The fraction of sp³-hybridized carbons (Fsp3) is 0.357. The summed E-state index contributed by atoms with van der Waals surface area (Å²) >= 11 is 0. The van der Waals surface area contributed by atoms with Gasteiger partial charge >= 0.3 is 0 Å². The van der Waals surface area contributed by atoms with Gasteiger partial charge in [-0.2, -0.15) is 0 Å². The molecule has 0 aliphatic rings. The lowest BCUT2D eigenvalue weighted by molar-refractivity contribution is -0.139. The molecule has 0 aliphatic carbocycles. The minimum absolute atomic E-state index is 0.0826. The summed E-state index contributed by atoms with van der Waals surface area (Å²) in [6, 6.07) is 21.8. The van der Waals surface area contributed by atoms with E-state index in [0.717, 1.165) is 26.9 Å². The Bertz CT molecular complexity index is 1290. The normalized spacial score (nSPS) is 12.4. The van der Waals surface area contributed by atoms with Gasteiger partial charge in [0.25, 0.3) is 0 Å². The second kappa shape index (κ2) is 12.0. The highest BCUT2D eigenvalue weighted by Gasteiger charge is 2.32. The zero-order chi connectivity index (χ0) is 26.3. The molecule has 0 aromatic heterocycles. The number of carbonyl (C=O) groups is 2. The summed E-state index contributed by atoms with van der Waals surface area (Å²) in [5.41, 5.74) is 1.47. The molecule has 0 unspecified atom stereocenters. The van der Waals surface area contributed by atoms with E-state index >= 15 is 0 Å². The minimum atomic E-state index is -3.79. The van der Waals surface area contributed by atoms with Crippen LogP contribution in [-0.4, -0.2) is 56.6 Å². The first-order valence-corrected chi connectivity index (χ1v) is 14.1. The smallest absolute Gasteiger partial charge is 0.244 e. The first-order chi connectivity index (χ1) is 17.1. The molecule has 0 aliphatic heterocycles. The third-order valence-corrected chi connectivity index (χ3v) is 7.14. The maximum atomic E-state index is 13.8. The van der Waals surface area contributed by atoms with Gasteiger partial charge in [-0.1, -0.05) is 73.7 Å². The van der Waals surface area contributed by atoms with E-state index in [0.29, 0.717) is 25.1 Å². The van der Waals surface area contributed by atoms with Crippen molar-refractivity contribution in [1.29, 1.82) is 0 Å². The number of carbonyl (C=O) groups excluding carboxylic acids is 2. The molecule has 0 spiro atoms. The van der Waals surface area contributed by atoms with Crippen molar-refractivity contribution in [3.63, 3.8) is 0 Å². The molecule has 0 bridgehead atoms. The van der Waals surface area contributed by atoms with Gasteiger partial charge in [-0.05, 0) is 43.7 Å². The van der Waals surface area contributed by atoms with Gasteiger partial charge in [-0.25, -0.2) is 8.42 Å². The SMILES string of the molecule is CC[C@@H](C(=O)NC(C)C)N(CCc1ccccc1)C(=O)CN(c1cccc2ccccc12)S(C)(=O)=O. The predicted octanol–water partition coefficient (Wildman–Crippen LogP) is 3.98. The van der Waals surface area contributed by atoms with Gasteiger partial charge in [0.2, 0.25) is 21.8 Å².